The molecule has 1 fully saturated rings. The maximum Gasteiger partial charge on any atom is 0.271 e. The van der Waals surface area contributed by atoms with Crippen molar-refractivity contribution in [2.24, 2.45) is 0 Å². The Kier molecular flexibility index (Phi) is 5.02. The van der Waals surface area contributed by atoms with Crippen molar-refractivity contribution in [2.75, 3.05) is 14.1 Å². The number of hydrogen-bond acceptors (Lipinski definition) is 3. The van der Waals surface area contributed by atoms with Crippen molar-refractivity contribution in [3.8, 4) is 6.07 Å². The van der Waals surface area contributed by atoms with Crippen LogP contribution in [0.4, 0.5) is 4.39 Å². The Morgan fingerprint density at radius 2 is 1.79 bits per heavy atom. The van der Waals surface area contributed by atoms with Gasteiger partial charge in [-0.05, 0) is 30.2 Å². The summed E-state index contributed by atoms with van der Waals surface area (Å²) in [5, 5.41) is 9.22. The van der Waals surface area contributed by atoms with Crippen LogP contribution in [-0.4, -0.2) is 41.2 Å². The summed E-state index contributed by atoms with van der Waals surface area (Å²) in [7, 11) is 3.11. The third-order valence-corrected chi connectivity index (χ3v) is 5.23. The van der Waals surface area contributed by atoms with Crippen molar-refractivity contribution in [1.82, 2.24) is 9.80 Å². The number of halogens is 1. The smallest absolute Gasteiger partial charge is 0.271 e. The van der Waals surface area contributed by atoms with E-state index in [1.54, 1.807) is 20.0 Å². The molecule has 2 aromatic rings. The van der Waals surface area contributed by atoms with Crippen LogP contribution in [0.1, 0.15) is 23.6 Å². The highest BCUT2D eigenvalue weighted by Gasteiger charge is 2.48. The van der Waals surface area contributed by atoms with E-state index in [0.29, 0.717) is 6.42 Å². The van der Waals surface area contributed by atoms with E-state index in [0.717, 1.165) is 5.56 Å². The average Bonchev–Trinajstić information content (AvgIpc) is 2.69. The molecular weight excluding hydrogens is 357 g/mol. The molecule has 1 atom stereocenters. The second-order valence-electron chi connectivity index (χ2n) is 7.01. The van der Waals surface area contributed by atoms with Gasteiger partial charge in [-0.2, -0.15) is 5.26 Å². The lowest BCUT2D eigenvalue weighted by Gasteiger charge is -2.45. The largest absolute Gasteiger partial charge is 0.326 e. The summed E-state index contributed by atoms with van der Waals surface area (Å²) in [6.45, 7) is 1.73. The zero-order valence-corrected chi connectivity index (χ0v) is 15.9. The fourth-order valence-corrected chi connectivity index (χ4v) is 3.43. The van der Waals surface area contributed by atoms with Gasteiger partial charge >= 0.3 is 0 Å². The molecule has 3 rings (SSSR count). The van der Waals surface area contributed by atoms with E-state index in [4.69, 9.17) is 0 Å². The molecule has 1 saturated heterocycles. The van der Waals surface area contributed by atoms with Gasteiger partial charge < -0.3 is 9.80 Å². The van der Waals surface area contributed by atoms with Crippen LogP contribution < -0.4 is 0 Å². The predicted octanol–water partition coefficient (Wildman–Crippen LogP) is 2.97. The predicted molar refractivity (Wildman–Crippen MR) is 103 cm³/mol. The summed E-state index contributed by atoms with van der Waals surface area (Å²) in [4.78, 5) is 28.9. The summed E-state index contributed by atoms with van der Waals surface area (Å²) < 4.78 is 13.9. The maximum absolute atomic E-state index is 13.9. The molecule has 0 aromatic heterocycles. The van der Waals surface area contributed by atoms with E-state index >= 15 is 0 Å². The van der Waals surface area contributed by atoms with Crippen LogP contribution in [0, 0.1) is 17.1 Å². The van der Waals surface area contributed by atoms with Gasteiger partial charge in [-0.25, -0.2) is 4.39 Å². The Labute approximate surface area is 163 Å². The summed E-state index contributed by atoms with van der Waals surface area (Å²) in [6.07, 6.45) is 1.76. The standard InChI is InChI=1S/C22H20FN3O2/c1-22(13-15-8-5-4-6-9-15)21(28)25(2)19(20(27)26(22)3)12-16-10-7-11-18(23)17(16)14-24/h4-12H,13H2,1-3H3. The number of benzene rings is 2. The molecule has 0 bridgehead atoms. The summed E-state index contributed by atoms with van der Waals surface area (Å²) in [5.41, 5.74) is 0.0789. The van der Waals surface area contributed by atoms with Crippen molar-refractivity contribution >= 4 is 17.9 Å². The van der Waals surface area contributed by atoms with Gasteiger partial charge in [0.15, 0.2) is 0 Å². The van der Waals surface area contributed by atoms with Gasteiger partial charge in [0.25, 0.3) is 11.8 Å². The van der Waals surface area contributed by atoms with Crippen LogP contribution in [0.2, 0.25) is 0 Å². The van der Waals surface area contributed by atoms with Crippen LogP contribution in [0.5, 0.6) is 0 Å². The minimum atomic E-state index is -1.05. The Hall–Kier alpha value is -3.46. The lowest BCUT2D eigenvalue weighted by Crippen LogP contribution is -2.64. The van der Waals surface area contributed by atoms with E-state index in [1.807, 2.05) is 30.3 Å². The molecule has 1 aliphatic rings. The van der Waals surface area contributed by atoms with Gasteiger partial charge in [0.05, 0.1) is 5.56 Å². The van der Waals surface area contributed by atoms with Gasteiger partial charge in [-0.3, -0.25) is 9.59 Å². The number of hydrogen-bond donors (Lipinski definition) is 0. The number of carbonyl (C=O) groups is 2. The van der Waals surface area contributed by atoms with Gasteiger partial charge in [-0.15, -0.1) is 0 Å². The summed E-state index contributed by atoms with van der Waals surface area (Å²) >= 11 is 0. The second-order valence-corrected chi connectivity index (χ2v) is 7.01. The highest BCUT2D eigenvalue weighted by molar-refractivity contribution is 6.08. The molecule has 0 saturated carbocycles. The first-order valence-corrected chi connectivity index (χ1v) is 8.80. The number of amides is 2. The number of likely N-dealkylation sites (N-methyl/N-ethyl adjacent to an activating group) is 2. The Morgan fingerprint density at radius 3 is 2.43 bits per heavy atom. The molecule has 2 amide bonds. The van der Waals surface area contributed by atoms with Crippen LogP contribution in [0.15, 0.2) is 54.2 Å². The molecule has 1 aliphatic heterocycles. The first-order chi connectivity index (χ1) is 13.3. The highest BCUT2D eigenvalue weighted by Crippen LogP contribution is 2.31. The minimum Gasteiger partial charge on any atom is -0.326 e. The average molecular weight is 377 g/mol. The van der Waals surface area contributed by atoms with Crippen molar-refractivity contribution in [3.05, 3.63) is 76.7 Å². The quantitative estimate of drug-likeness (QED) is 0.773. The topological polar surface area (TPSA) is 64.4 Å². The monoisotopic (exact) mass is 377 g/mol. The van der Waals surface area contributed by atoms with Crippen molar-refractivity contribution in [3.63, 3.8) is 0 Å². The van der Waals surface area contributed by atoms with Crippen molar-refractivity contribution < 1.29 is 14.0 Å². The molecular formula is C22H20FN3O2. The fraction of sp³-hybridized carbons (Fsp3) is 0.227. The zero-order chi connectivity index (χ0) is 20.5. The molecule has 0 N–H and O–H groups in total. The molecule has 142 valence electrons. The molecule has 28 heavy (non-hydrogen) atoms. The molecule has 0 spiro atoms. The van der Waals surface area contributed by atoms with Crippen LogP contribution in [0.25, 0.3) is 6.08 Å². The van der Waals surface area contributed by atoms with E-state index < -0.39 is 11.4 Å². The number of rotatable bonds is 3. The lowest BCUT2D eigenvalue weighted by molar-refractivity contribution is -0.155. The molecule has 1 heterocycles. The van der Waals surface area contributed by atoms with Gasteiger partial charge in [0, 0.05) is 20.5 Å². The molecule has 2 aromatic carbocycles. The van der Waals surface area contributed by atoms with E-state index in [9.17, 15) is 19.2 Å². The fourth-order valence-electron chi connectivity index (χ4n) is 3.43. The Morgan fingerprint density at radius 1 is 1.11 bits per heavy atom. The molecule has 0 radical (unpaired) electrons. The molecule has 5 nitrogen and oxygen atoms in total. The van der Waals surface area contributed by atoms with E-state index in [-0.39, 0.29) is 28.6 Å². The highest BCUT2D eigenvalue weighted by atomic mass is 19.1. The minimum absolute atomic E-state index is 0.0973. The first kappa shape index (κ1) is 19.3. The van der Waals surface area contributed by atoms with Gasteiger partial charge in [0.2, 0.25) is 0 Å². The van der Waals surface area contributed by atoms with E-state index in [1.165, 1.54) is 41.1 Å². The first-order valence-electron chi connectivity index (χ1n) is 8.80. The third kappa shape index (κ3) is 3.16. The Bertz CT molecular complexity index is 1010. The lowest BCUT2D eigenvalue weighted by atomic mass is 9.87. The Balaban J connectivity index is 2.02. The normalized spacial score (nSPS) is 21.2. The number of piperazine rings is 1. The van der Waals surface area contributed by atoms with E-state index in [2.05, 4.69) is 0 Å². The van der Waals surface area contributed by atoms with Crippen molar-refractivity contribution in [1.29, 1.82) is 5.26 Å². The molecule has 6 heteroatoms. The van der Waals surface area contributed by atoms with Gasteiger partial charge in [-0.1, -0.05) is 42.5 Å². The van der Waals surface area contributed by atoms with Gasteiger partial charge in [0.1, 0.15) is 23.1 Å². The SMILES string of the molecule is CN1C(=O)C(C)(Cc2ccccc2)N(C)C(=O)C1=Cc1cccc(F)c1C#N. The molecule has 0 aliphatic carbocycles. The van der Waals surface area contributed by atoms with Crippen LogP contribution in [-0.2, 0) is 16.0 Å². The number of nitriles is 1. The zero-order valence-electron chi connectivity index (χ0n) is 15.9. The third-order valence-electron chi connectivity index (χ3n) is 5.23. The number of nitrogens with zero attached hydrogens (tertiary/aromatic N) is 3. The summed E-state index contributed by atoms with van der Waals surface area (Å²) in [6, 6.07) is 15.5. The number of carbonyl (C=O) groups excluding carboxylic acids is 2. The maximum atomic E-state index is 13.9. The van der Waals surface area contributed by atoms with Crippen molar-refractivity contribution in [2.45, 2.75) is 18.9 Å². The second kappa shape index (κ2) is 7.28. The summed E-state index contributed by atoms with van der Waals surface area (Å²) in [5.74, 6) is -1.29. The van der Waals surface area contributed by atoms with Crippen LogP contribution >= 0.6 is 0 Å². The molecule has 1 unspecified atom stereocenters. The van der Waals surface area contributed by atoms with Crippen LogP contribution in [0.3, 0.4) is 0 Å².